The molecule has 23 heavy (non-hydrogen) atoms. The third kappa shape index (κ3) is 2.74. The van der Waals surface area contributed by atoms with E-state index in [2.05, 4.69) is 29.6 Å². The van der Waals surface area contributed by atoms with Gasteiger partial charge in [-0.1, -0.05) is 18.2 Å². The molecule has 0 amide bonds. The normalized spacial score (nSPS) is 16.8. The first kappa shape index (κ1) is 14.7. The Morgan fingerprint density at radius 1 is 1.17 bits per heavy atom. The summed E-state index contributed by atoms with van der Waals surface area (Å²) in [5.74, 6) is 0.375. The van der Waals surface area contributed by atoms with Gasteiger partial charge < -0.3 is 16.2 Å². The quantitative estimate of drug-likeness (QED) is 0.683. The molecule has 0 radical (unpaired) electrons. The van der Waals surface area contributed by atoms with Gasteiger partial charge in [-0.2, -0.15) is 0 Å². The van der Waals surface area contributed by atoms with Gasteiger partial charge in [0.05, 0.1) is 0 Å². The van der Waals surface area contributed by atoms with E-state index in [1.54, 1.807) is 11.3 Å². The minimum Gasteiger partial charge on any atom is -0.507 e. The van der Waals surface area contributed by atoms with Crippen molar-refractivity contribution in [3.05, 3.63) is 64.0 Å². The van der Waals surface area contributed by atoms with Crippen molar-refractivity contribution >= 4 is 21.4 Å². The Bertz CT molecular complexity index is 856. The van der Waals surface area contributed by atoms with Gasteiger partial charge in [0, 0.05) is 29.2 Å². The molecule has 0 bridgehead atoms. The highest BCUT2D eigenvalue weighted by atomic mass is 32.1. The average Bonchev–Trinajstić information content (AvgIpc) is 3.19. The largest absolute Gasteiger partial charge is 0.507 e. The molecule has 0 saturated carbocycles. The number of hydrogen-bond donors (Lipinski definition) is 3. The molecule has 0 fully saturated rings. The van der Waals surface area contributed by atoms with Crippen LogP contribution in [0.25, 0.3) is 10.1 Å². The Balaban J connectivity index is 1.51. The zero-order chi connectivity index (χ0) is 15.8. The SMILES string of the molecule is NCc1ccc2c(c1)CCC2NCc1cc(O)c2ccsc2c1. The van der Waals surface area contributed by atoms with Gasteiger partial charge in [-0.25, -0.2) is 0 Å². The number of hydrogen-bond acceptors (Lipinski definition) is 4. The Hall–Kier alpha value is -1.88. The predicted molar refractivity (Wildman–Crippen MR) is 95.7 cm³/mol. The molecule has 1 atom stereocenters. The molecule has 1 aromatic heterocycles. The number of thiophene rings is 1. The average molecular weight is 324 g/mol. The molecule has 4 heteroatoms. The number of aromatic hydroxyl groups is 1. The molecule has 1 aliphatic carbocycles. The van der Waals surface area contributed by atoms with Crippen LogP contribution in [-0.2, 0) is 19.5 Å². The third-order valence-electron chi connectivity index (χ3n) is 4.68. The summed E-state index contributed by atoms with van der Waals surface area (Å²) < 4.78 is 1.14. The number of aryl methyl sites for hydroxylation is 1. The first-order valence-corrected chi connectivity index (χ1v) is 8.87. The zero-order valence-electron chi connectivity index (χ0n) is 12.9. The number of nitrogens with one attached hydrogen (secondary N) is 1. The van der Waals surface area contributed by atoms with Crippen LogP contribution < -0.4 is 11.1 Å². The van der Waals surface area contributed by atoms with E-state index in [1.807, 2.05) is 17.5 Å². The lowest BCUT2D eigenvalue weighted by molar-refractivity contribution is 0.479. The van der Waals surface area contributed by atoms with Crippen molar-refractivity contribution in [3.8, 4) is 5.75 Å². The molecular weight excluding hydrogens is 304 g/mol. The second-order valence-corrected chi connectivity index (χ2v) is 7.10. The van der Waals surface area contributed by atoms with Crippen LogP contribution in [-0.4, -0.2) is 5.11 Å². The molecule has 0 saturated heterocycles. The smallest absolute Gasteiger partial charge is 0.124 e. The number of rotatable bonds is 4. The van der Waals surface area contributed by atoms with Crippen molar-refractivity contribution in [1.82, 2.24) is 5.32 Å². The van der Waals surface area contributed by atoms with Crippen LogP contribution in [0, 0.1) is 0 Å². The van der Waals surface area contributed by atoms with Crippen molar-refractivity contribution in [3.63, 3.8) is 0 Å². The molecule has 3 nitrogen and oxygen atoms in total. The summed E-state index contributed by atoms with van der Waals surface area (Å²) in [4.78, 5) is 0. The van der Waals surface area contributed by atoms with Crippen molar-refractivity contribution in [1.29, 1.82) is 0 Å². The maximum absolute atomic E-state index is 10.1. The van der Waals surface area contributed by atoms with Crippen molar-refractivity contribution < 1.29 is 5.11 Å². The summed E-state index contributed by atoms with van der Waals surface area (Å²) in [5, 5.41) is 16.7. The van der Waals surface area contributed by atoms with Gasteiger partial charge in [0.1, 0.15) is 5.75 Å². The molecule has 2 aromatic carbocycles. The van der Waals surface area contributed by atoms with Gasteiger partial charge in [-0.3, -0.25) is 0 Å². The Kier molecular flexibility index (Phi) is 3.81. The van der Waals surface area contributed by atoms with Crippen molar-refractivity contribution in [2.45, 2.75) is 32.0 Å². The Morgan fingerprint density at radius 2 is 2.09 bits per heavy atom. The van der Waals surface area contributed by atoms with E-state index in [0.29, 0.717) is 18.3 Å². The highest BCUT2D eigenvalue weighted by molar-refractivity contribution is 7.17. The molecule has 1 heterocycles. The van der Waals surface area contributed by atoms with Gasteiger partial charge in [0.25, 0.3) is 0 Å². The van der Waals surface area contributed by atoms with E-state index >= 15 is 0 Å². The van der Waals surface area contributed by atoms with Crippen LogP contribution in [0.2, 0.25) is 0 Å². The first-order chi connectivity index (χ1) is 11.2. The van der Waals surface area contributed by atoms with Crippen LogP contribution in [0.3, 0.4) is 0 Å². The highest BCUT2D eigenvalue weighted by Crippen LogP contribution is 2.33. The number of phenols is 1. The molecule has 0 aliphatic heterocycles. The molecule has 3 aromatic rings. The number of phenolic OH excluding ortho intramolecular Hbond substituents is 1. The van der Waals surface area contributed by atoms with Crippen LogP contribution in [0.1, 0.15) is 34.7 Å². The monoisotopic (exact) mass is 324 g/mol. The summed E-state index contributed by atoms with van der Waals surface area (Å²) in [5.41, 5.74) is 10.9. The number of benzene rings is 2. The van der Waals surface area contributed by atoms with Gasteiger partial charge in [-0.15, -0.1) is 11.3 Å². The van der Waals surface area contributed by atoms with E-state index < -0.39 is 0 Å². The van der Waals surface area contributed by atoms with Gasteiger partial charge in [-0.05, 0) is 58.7 Å². The molecule has 118 valence electrons. The fraction of sp³-hybridized carbons (Fsp3) is 0.263. The van der Waals surface area contributed by atoms with Crippen LogP contribution in [0.15, 0.2) is 41.8 Å². The van der Waals surface area contributed by atoms with Crippen LogP contribution in [0.4, 0.5) is 0 Å². The lowest BCUT2D eigenvalue weighted by atomic mass is 10.0. The van der Waals surface area contributed by atoms with E-state index in [-0.39, 0.29) is 0 Å². The van der Waals surface area contributed by atoms with E-state index in [1.165, 1.54) is 16.7 Å². The Labute approximate surface area is 139 Å². The lowest BCUT2D eigenvalue weighted by Gasteiger charge is -2.15. The fourth-order valence-corrected chi connectivity index (χ4v) is 4.33. The summed E-state index contributed by atoms with van der Waals surface area (Å²) in [6.07, 6.45) is 2.23. The second-order valence-electron chi connectivity index (χ2n) is 6.16. The van der Waals surface area contributed by atoms with E-state index in [0.717, 1.165) is 35.0 Å². The summed E-state index contributed by atoms with van der Waals surface area (Å²) >= 11 is 1.67. The topological polar surface area (TPSA) is 58.3 Å². The van der Waals surface area contributed by atoms with Gasteiger partial charge in [0.15, 0.2) is 0 Å². The molecule has 4 N–H and O–H groups in total. The van der Waals surface area contributed by atoms with E-state index in [4.69, 9.17) is 5.73 Å². The third-order valence-corrected chi connectivity index (χ3v) is 5.55. The predicted octanol–water partition coefficient (Wildman–Crippen LogP) is 3.84. The van der Waals surface area contributed by atoms with Gasteiger partial charge in [0.2, 0.25) is 0 Å². The highest BCUT2D eigenvalue weighted by Gasteiger charge is 2.22. The molecule has 1 aliphatic rings. The maximum atomic E-state index is 10.1. The van der Waals surface area contributed by atoms with Crippen LogP contribution >= 0.6 is 11.3 Å². The number of fused-ring (bicyclic) bond motifs is 2. The van der Waals surface area contributed by atoms with Crippen molar-refractivity contribution in [2.24, 2.45) is 5.73 Å². The lowest BCUT2D eigenvalue weighted by Crippen LogP contribution is -2.18. The molecule has 0 spiro atoms. The number of nitrogens with two attached hydrogens (primary N) is 1. The minimum absolute atomic E-state index is 0.375. The maximum Gasteiger partial charge on any atom is 0.124 e. The van der Waals surface area contributed by atoms with Crippen LogP contribution in [0.5, 0.6) is 5.75 Å². The van der Waals surface area contributed by atoms with Gasteiger partial charge >= 0.3 is 0 Å². The zero-order valence-corrected chi connectivity index (χ0v) is 13.7. The first-order valence-electron chi connectivity index (χ1n) is 7.99. The Morgan fingerprint density at radius 3 is 2.96 bits per heavy atom. The summed E-state index contributed by atoms with van der Waals surface area (Å²) in [7, 11) is 0. The molecule has 1 unspecified atom stereocenters. The standard InChI is InChI=1S/C19H20N2OS/c20-10-12-1-3-15-14(7-12)2-4-17(15)21-11-13-8-18(22)16-5-6-23-19(16)9-13/h1,3,5-9,17,21-22H,2,4,10-11,20H2. The van der Waals surface area contributed by atoms with Crippen molar-refractivity contribution in [2.75, 3.05) is 0 Å². The summed E-state index contributed by atoms with van der Waals surface area (Å²) in [6, 6.07) is 13.0. The molecular formula is C19H20N2OS. The minimum atomic E-state index is 0.375. The molecule has 4 rings (SSSR count). The van der Waals surface area contributed by atoms with E-state index in [9.17, 15) is 5.11 Å². The second kappa shape index (κ2) is 5.96. The summed E-state index contributed by atoms with van der Waals surface area (Å²) in [6.45, 7) is 1.37. The fourth-order valence-electron chi connectivity index (χ4n) is 3.46.